The van der Waals surface area contributed by atoms with Crippen molar-refractivity contribution in [2.45, 2.75) is 0 Å². The monoisotopic (exact) mass is 268 g/mol. The van der Waals surface area contributed by atoms with E-state index in [0.29, 0.717) is 11.1 Å². The lowest BCUT2D eigenvalue weighted by molar-refractivity contribution is 0.0879. The van der Waals surface area contributed by atoms with E-state index < -0.39 is 0 Å². The van der Waals surface area contributed by atoms with Crippen LogP contribution in [0.15, 0.2) is 36.5 Å². The second-order valence-electron chi connectivity index (χ2n) is 4.35. The molecule has 0 saturated carbocycles. The lowest BCUT2D eigenvalue weighted by atomic mass is 10.1. The van der Waals surface area contributed by atoms with E-state index >= 15 is 0 Å². The van der Waals surface area contributed by atoms with Crippen molar-refractivity contribution in [2.24, 2.45) is 0 Å². The average molecular weight is 268 g/mol. The molecule has 0 bridgehead atoms. The predicted octanol–water partition coefficient (Wildman–Crippen LogP) is 1.75. The molecule has 0 aliphatic carbocycles. The van der Waals surface area contributed by atoms with E-state index in [1.807, 2.05) is 12.1 Å². The van der Waals surface area contributed by atoms with Crippen molar-refractivity contribution in [3.05, 3.63) is 47.7 Å². The van der Waals surface area contributed by atoms with Crippen LogP contribution < -0.4 is 16.0 Å². The van der Waals surface area contributed by atoms with Gasteiger partial charge in [0.2, 0.25) is 0 Å². The standard InChI is InChI=1S/C14H12N4O2/c1-15-12-7-9(4-5-16-12)17-8-2-3-10-11(6-8)14(20)18-13(10)19/h2-7H,1H3,(H2,15,16,17)(H,18,19,20). The zero-order valence-electron chi connectivity index (χ0n) is 10.7. The Morgan fingerprint density at radius 3 is 2.55 bits per heavy atom. The average Bonchev–Trinajstić information content (AvgIpc) is 2.74. The topological polar surface area (TPSA) is 83.1 Å². The first-order valence-corrected chi connectivity index (χ1v) is 6.08. The van der Waals surface area contributed by atoms with Gasteiger partial charge in [0.15, 0.2) is 0 Å². The van der Waals surface area contributed by atoms with Crippen molar-refractivity contribution in [3.8, 4) is 0 Å². The lowest BCUT2D eigenvalue weighted by Gasteiger charge is -2.08. The third-order valence-corrected chi connectivity index (χ3v) is 3.04. The maximum Gasteiger partial charge on any atom is 0.259 e. The second kappa shape index (κ2) is 4.65. The summed E-state index contributed by atoms with van der Waals surface area (Å²) in [7, 11) is 1.79. The number of benzene rings is 1. The third kappa shape index (κ3) is 2.07. The van der Waals surface area contributed by atoms with Gasteiger partial charge < -0.3 is 10.6 Å². The number of hydrogen-bond donors (Lipinski definition) is 3. The van der Waals surface area contributed by atoms with Crippen LogP contribution in [0.1, 0.15) is 20.7 Å². The van der Waals surface area contributed by atoms with E-state index in [9.17, 15) is 9.59 Å². The van der Waals surface area contributed by atoms with Gasteiger partial charge in [-0.2, -0.15) is 0 Å². The summed E-state index contributed by atoms with van der Waals surface area (Å²) < 4.78 is 0. The highest BCUT2D eigenvalue weighted by atomic mass is 16.2. The first-order valence-electron chi connectivity index (χ1n) is 6.08. The predicted molar refractivity (Wildman–Crippen MR) is 75.3 cm³/mol. The molecular weight excluding hydrogens is 256 g/mol. The Morgan fingerprint density at radius 1 is 1.00 bits per heavy atom. The maximum absolute atomic E-state index is 11.6. The fourth-order valence-corrected chi connectivity index (χ4v) is 2.06. The van der Waals surface area contributed by atoms with Crippen molar-refractivity contribution in [1.82, 2.24) is 10.3 Å². The van der Waals surface area contributed by atoms with Crippen molar-refractivity contribution in [3.63, 3.8) is 0 Å². The number of aromatic nitrogens is 1. The second-order valence-corrected chi connectivity index (χ2v) is 4.35. The van der Waals surface area contributed by atoms with E-state index in [1.165, 1.54) is 0 Å². The Balaban J connectivity index is 1.90. The number of nitrogens with zero attached hydrogens (tertiary/aromatic N) is 1. The van der Waals surface area contributed by atoms with Crippen molar-refractivity contribution in [2.75, 3.05) is 17.7 Å². The highest BCUT2D eigenvalue weighted by Gasteiger charge is 2.26. The molecule has 0 spiro atoms. The number of rotatable bonds is 3. The molecule has 1 aliphatic heterocycles. The first kappa shape index (κ1) is 12.2. The minimum Gasteiger partial charge on any atom is -0.373 e. The van der Waals surface area contributed by atoms with Crippen LogP contribution in [-0.2, 0) is 0 Å². The summed E-state index contributed by atoms with van der Waals surface area (Å²) in [5.41, 5.74) is 2.38. The number of pyridine rings is 1. The molecule has 1 aromatic carbocycles. The molecule has 3 rings (SSSR count). The molecule has 3 N–H and O–H groups in total. The number of nitrogens with one attached hydrogen (secondary N) is 3. The van der Waals surface area contributed by atoms with Gasteiger partial charge in [-0.3, -0.25) is 14.9 Å². The number of amides is 2. The molecule has 6 nitrogen and oxygen atoms in total. The van der Waals surface area contributed by atoms with Crippen LogP contribution in [0.4, 0.5) is 17.2 Å². The molecule has 0 saturated heterocycles. The SMILES string of the molecule is CNc1cc(Nc2ccc3c(c2)C(=O)NC3=O)ccn1. The molecule has 1 aliphatic rings. The van der Waals surface area contributed by atoms with E-state index in [1.54, 1.807) is 31.4 Å². The Hall–Kier alpha value is -2.89. The molecule has 2 heterocycles. The summed E-state index contributed by atoms with van der Waals surface area (Å²) in [6, 6.07) is 8.72. The molecule has 2 amide bonds. The molecule has 0 fully saturated rings. The fourth-order valence-electron chi connectivity index (χ4n) is 2.06. The molecule has 6 heteroatoms. The maximum atomic E-state index is 11.6. The van der Waals surface area contributed by atoms with E-state index in [4.69, 9.17) is 0 Å². The van der Waals surface area contributed by atoms with E-state index in [0.717, 1.165) is 17.2 Å². The summed E-state index contributed by atoms with van der Waals surface area (Å²) in [6.45, 7) is 0. The molecule has 0 radical (unpaired) electrons. The third-order valence-electron chi connectivity index (χ3n) is 3.04. The van der Waals surface area contributed by atoms with Gasteiger partial charge in [0.1, 0.15) is 5.82 Å². The van der Waals surface area contributed by atoms with Gasteiger partial charge in [-0.05, 0) is 24.3 Å². The van der Waals surface area contributed by atoms with Crippen molar-refractivity contribution < 1.29 is 9.59 Å². The van der Waals surface area contributed by atoms with Gasteiger partial charge >= 0.3 is 0 Å². The molecule has 100 valence electrons. The molecular formula is C14H12N4O2. The molecule has 20 heavy (non-hydrogen) atoms. The highest BCUT2D eigenvalue weighted by Crippen LogP contribution is 2.23. The van der Waals surface area contributed by atoms with Gasteiger partial charge in [-0.1, -0.05) is 0 Å². The number of imide groups is 1. The van der Waals surface area contributed by atoms with Crippen LogP contribution in [0.25, 0.3) is 0 Å². The molecule has 2 aromatic rings. The van der Waals surface area contributed by atoms with Crippen LogP contribution in [0.5, 0.6) is 0 Å². The first-order chi connectivity index (χ1) is 9.67. The van der Waals surface area contributed by atoms with Crippen molar-refractivity contribution >= 4 is 29.0 Å². The number of anilines is 3. The summed E-state index contributed by atoms with van der Waals surface area (Å²) in [6.07, 6.45) is 1.68. The largest absolute Gasteiger partial charge is 0.373 e. The van der Waals surface area contributed by atoms with Crippen LogP contribution in [-0.4, -0.2) is 23.8 Å². The minimum atomic E-state index is -0.362. The number of carbonyl (C=O) groups excluding carboxylic acids is 2. The number of carbonyl (C=O) groups is 2. The zero-order valence-corrected chi connectivity index (χ0v) is 10.7. The Bertz CT molecular complexity index is 712. The van der Waals surface area contributed by atoms with Crippen LogP contribution in [0, 0.1) is 0 Å². The fraction of sp³-hybridized carbons (Fsp3) is 0.0714. The van der Waals surface area contributed by atoms with Gasteiger partial charge in [-0.15, -0.1) is 0 Å². The van der Waals surface area contributed by atoms with Crippen LogP contribution in [0.3, 0.4) is 0 Å². The van der Waals surface area contributed by atoms with Gasteiger partial charge in [0, 0.05) is 30.7 Å². The van der Waals surface area contributed by atoms with E-state index in [-0.39, 0.29) is 11.8 Å². The minimum absolute atomic E-state index is 0.349. The van der Waals surface area contributed by atoms with Gasteiger partial charge in [-0.25, -0.2) is 4.98 Å². The van der Waals surface area contributed by atoms with Crippen LogP contribution >= 0.6 is 0 Å². The molecule has 0 unspecified atom stereocenters. The normalized spacial score (nSPS) is 12.8. The Kier molecular flexibility index (Phi) is 2.83. The van der Waals surface area contributed by atoms with Crippen LogP contribution in [0.2, 0.25) is 0 Å². The summed E-state index contributed by atoms with van der Waals surface area (Å²) in [5.74, 6) is 0.0290. The summed E-state index contributed by atoms with van der Waals surface area (Å²) >= 11 is 0. The van der Waals surface area contributed by atoms with E-state index in [2.05, 4.69) is 20.9 Å². The smallest absolute Gasteiger partial charge is 0.259 e. The highest BCUT2D eigenvalue weighted by molar-refractivity contribution is 6.21. The Labute approximate surface area is 115 Å². The molecule has 0 atom stereocenters. The quantitative estimate of drug-likeness (QED) is 0.739. The lowest BCUT2D eigenvalue weighted by Crippen LogP contribution is -2.19. The summed E-state index contributed by atoms with van der Waals surface area (Å²) in [5, 5.41) is 8.39. The molecule has 1 aromatic heterocycles. The van der Waals surface area contributed by atoms with Gasteiger partial charge in [0.25, 0.3) is 11.8 Å². The number of fused-ring (bicyclic) bond motifs is 1. The van der Waals surface area contributed by atoms with Gasteiger partial charge in [0.05, 0.1) is 11.1 Å². The Morgan fingerprint density at radius 2 is 1.75 bits per heavy atom. The van der Waals surface area contributed by atoms with Crippen molar-refractivity contribution in [1.29, 1.82) is 0 Å². The number of hydrogen-bond acceptors (Lipinski definition) is 5. The summed E-state index contributed by atoms with van der Waals surface area (Å²) in [4.78, 5) is 27.2. The zero-order chi connectivity index (χ0) is 14.1.